The summed E-state index contributed by atoms with van der Waals surface area (Å²) in [6.45, 7) is 0. The number of carbonyl (C=O) groups excluding carboxylic acids is 1. The highest BCUT2D eigenvalue weighted by molar-refractivity contribution is 7.91. The van der Waals surface area contributed by atoms with Crippen LogP contribution >= 0.6 is 0 Å². The summed E-state index contributed by atoms with van der Waals surface area (Å²) in [5, 5.41) is 12.4. The van der Waals surface area contributed by atoms with Crippen molar-refractivity contribution in [1.82, 2.24) is 5.32 Å². The number of ether oxygens (including phenoxy) is 1. The molecule has 7 heteroatoms. The predicted molar refractivity (Wildman–Crippen MR) is 73.8 cm³/mol. The largest absolute Gasteiger partial charge is 0.507 e. The van der Waals surface area contributed by atoms with Gasteiger partial charge in [0, 0.05) is 6.04 Å². The second-order valence-corrected chi connectivity index (χ2v) is 7.09. The topological polar surface area (TPSA) is 92.7 Å². The fraction of sp³-hybridized carbons (Fsp3) is 0.462. The summed E-state index contributed by atoms with van der Waals surface area (Å²) in [6.07, 6.45) is 0.803. The molecule has 0 saturated carbocycles. The zero-order valence-corrected chi connectivity index (χ0v) is 11.9. The zero-order chi connectivity index (χ0) is 14.8. The number of hydrogen-bond acceptors (Lipinski definition) is 5. The molecule has 1 amide bonds. The summed E-state index contributed by atoms with van der Waals surface area (Å²) < 4.78 is 27.6. The van der Waals surface area contributed by atoms with E-state index < -0.39 is 15.7 Å². The maximum atomic E-state index is 12.1. The van der Waals surface area contributed by atoms with E-state index in [0.29, 0.717) is 18.6 Å². The summed E-state index contributed by atoms with van der Waals surface area (Å²) in [5.74, 6) is 0.0842. The third kappa shape index (κ3) is 3.41. The number of carbonyl (C=O) groups is 1. The molecule has 0 aromatic heterocycles. The molecule has 1 fully saturated rings. The Kier molecular flexibility index (Phi) is 4.17. The van der Waals surface area contributed by atoms with Crippen molar-refractivity contribution < 1.29 is 23.1 Å². The summed E-state index contributed by atoms with van der Waals surface area (Å²) in [6, 6.07) is 4.21. The van der Waals surface area contributed by atoms with Gasteiger partial charge in [0.2, 0.25) is 0 Å². The number of hydrogen-bond donors (Lipinski definition) is 2. The van der Waals surface area contributed by atoms with Gasteiger partial charge in [0.1, 0.15) is 21.3 Å². The second-order valence-electron chi connectivity index (χ2n) is 4.78. The van der Waals surface area contributed by atoms with E-state index in [1.807, 2.05) is 0 Å². The van der Waals surface area contributed by atoms with E-state index in [-0.39, 0.29) is 28.9 Å². The van der Waals surface area contributed by atoms with Crippen LogP contribution in [0.15, 0.2) is 18.2 Å². The lowest BCUT2D eigenvalue weighted by Gasteiger charge is -2.23. The second kappa shape index (κ2) is 5.70. The number of benzene rings is 1. The van der Waals surface area contributed by atoms with Crippen LogP contribution < -0.4 is 10.1 Å². The van der Waals surface area contributed by atoms with E-state index in [1.165, 1.54) is 19.2 Å². The Morgan fingerprint density at radius 2 is 2.00 bits per heavy atom. The number of aromatic hydroxyl groups is 1. The molecule has 1 aliphatic rings. The van der Waals surface area contributed by atoms with Gasteiger partial charge < -0.3 is 15.2 Å². The monoisotopic (exact) mass is 299 g/mol. The standard InChI is InChI=1S/C13H17NO5S/c1-19-10-2-3-12(15)11(8-10)13(16)14-9-4-6-20(17,18)7-5-9/h2-3,8-9,15H,4-7H2,1H3,(H,14,16). The number of sulfone groups is 1. The lowest BCUT2D eigenvalue weighted by Crippen LogP contribution is -2.40. The number of nitrogens with one attached hydrogen (secondary N) is 1. The SMILES string of the molecule is COc1ccc(O)c(C(=O)NC2CCS(=O)(=O)CC2)c1. The van der Waals surface area contributed by atoms with Crippen LogP contribution in [0, 0.1) is 0 Å². The molecule has 1 heterocycles. The van der Waals surface area contributed by atoms with Crippen molar-refractivity contribution in [2.24, 2.45) is 0 Å². The molecule has 0 bridgehead atoms. The minimum Gasteiger partial charge on any atom is -0.507 e. The maximum Gasteiger partial charge on any atom is 0.255 e. The Balaban J connectivity index is 2.05. The van der Waals surface area contributed by atoms with E-state index in [9.17, 15) is 18.3 Å². The first kappa shape index (κ1) is 14.6. The van der Waals surface area contributed by atoms with E-state index in [2.05, 4.69) is 5.32 Å². The molecule has 0 radical (unpaired) electrons. The molecule has 6 nitrogen and oxygen atoms in total. The summed E-state index contributed by atoms with van der Waals surface area (Å²) in [4.78, 5) is 12.1. The van der Waals surface area contributed by atoms with E-state index in [1.54, 1.807) is 6.07 Å². The molecule has 1 aromatic carbocycles. The van der Waals surface area contributed by atoms with Gasteiger partial charge in [-0.1, -0.05) is 0 Å². The molecule has 2 N–H and O–H groups in total. The van der Waals surface area contributed by atoms with Crippen molar-refractivity contribution in [3.05, 3.63) is 23.8 Å². The van der Waals surface area contributed by atoms with Crippen LogP contribution in [0.25, 0.3) is 0 Å². The lowest BCUT2D eigenvalue weighted by atomic mass is 10.1. The van der Waals surface area contributed by atoms with Gasteiger partial charge in [0.25, 0.3) is 5.91 Å². The molecule has 0 spiro atoms. The summed E-state index contributed by atoms with van der Waals surface area (Å²) >= 11 is 0. The smallest absolute Gasteiger partial charge is 0.255 e. The highest BCUT2D eigenvalue weighted by Gasteiger charge is 2.25. The van der Waals surface area contributed by atoms with Gasteiger partial charge in [-0.25, -0.2) is 8.42 Å². The van der Waals surface area contributed by atoms with Crippen LogP contribution in [-0.4, -0.2) is 44.1 Å². The zero-order valence-electron chi connectivity index (χ0n) is 11.1. The number of amides is 1. The molecular formula is C13H17NO5S. The Morgan fingerprint density at radius 3 is 2.60 bits per heavy atom. The van der Waals surface area contributed by atoms with Crippen LogP contribution in [0.1, 0.15) is 23.2 Å². The molecule has 2 rings (SSSR count). The third-order valence-corrected chi connectivity index (χ3v) is 5.05. The van der Waals surface area contributed by atoms with Gasteiger partial charge in [0.05, 0.1) is 24.2 Å². The first-order valence-corrected chi connectivity index (χ1v) is 8.12. The van der Waals surface area contributed by atoms with Crippen molar-refractivity contribution in [3.63, 3.8) is 0 Å². The molecule has 1 aromatic rings. The van der Waals surface area contributed by atoms with Crippen LogP contribution in [0.2, 0.25) is 0 Å². The van der Waals surface area contributed by atoms with E-state index >= 15 is 0 Å². The van der Waals surface area contributed by atoms with Crippen molar-refractivity contribution in [3.8, 4) is 11.5 Å². The quantitative estimate of drug-likeness (QED) is 0.857. The van der Waals surface area contributed by atoms with Gasteiger partial charge in [0.15, 0.2) is 0 Å². The Bertz CT molecular complexity index is 597. The molecule has 110 valence electrons. The predicted octanol–water partition coefficient (Wildman–Crippen LogP) is 0.708. The van der Waals surface area contributed by atoms with Gasteiger partial charge in [-0.2, -0.15) is 0 Å². The average molecular weight is 299 g/mol. The van der Waals surface area contributed by atoms with E-state index in [0.717, 1.165) is 0 Å². The molecule has 1 saturated heterocycles. The highest BCUT2D eigenvalue weighted by atomic mass is 32.2. The minimum absolute atomic E-state index is 0.0854. The third-order valence-electron chi connectivity index (χ3n) is 3.34. The first-order valence-electron chi connectivity index (χ1n) is 6.29. The molecule has 0 atom stereocenters. The fourth-order valence-electron chi connectivity index (χ4n) is 2.12. The van der Waals surface area contributed by atoms with Gasteiger partial charge in [-0.05, 0) is 31.0 Å². The number of methoxy groups -OCH3 is 1. The van der Waals surface area contributed by atoms with Crippen LogP contribution in [0.3, 0.4) is 0 Å². The molecule has 20 heavy (non-hydrogen) atoms. The van der Waals surface area contributed by atoms with Crippen LogP contribution in [0.5, 0.6) is 11.5 Å². The normalized spacial score (nSPS) is 18.4. The van der Waals surface area contributed by atoms with Gasteiger partial charge >= 0.3 is 0 Å². The summed E-state index contributed by atoms with van der Waals surface area (Å²) in [7, 11) is -1.48. The van der Waals surface area contributed by atoms with Gasteiger partial charge in [-0.15, -0.1) is 0 Å². The molecular weight excluding hydrogens is 282 g/mol. The maximum absolute atomic E-state index is 12.1. The average Bonchev–Trinajstić information content (AvgIpc) is 2.41. The number of phenols is 1. The van der Waals surface area contributed by atoms with Crippen LogP contribution in [0.4, 0.5) is 0 Å². The summed E-state index contributed by atoms with van der Waals surface area (Å²) in [5.41, 5.74) is 0.123. The molecule has 0 unspecified atom stereocenters. The van der Waals surface area contributed by atoms with Crippen molar-refractivity contribution >= 4 is 15.7 Å². The Hall–Kier alpha value is -1.76. The fourth-order valence-corrected chi connectivity index (χ4v) is 3.61. The van der Waals surface area contributed by atoms with Crippen LogP contribution in [-0.2, 0) is 9.84 Å². The van der Waals surface area contributed by atoms with Crippen molar-refractivity contribution in [1.29, 1.82) is 0 Å². The lowest BCUT2D eigenvalue weighted by molar-refractivity contribution is 0.0931. The number of phenolic OH excluding ortho intramolecular Hbond substituents is 1. The Morgan fingerprint density at radius 1 is 1.35 bits per heavy atom. The molecule has 0 aliphatic carbocycles. The van der Waals surface area contributed by atoms with Crippen molar-refractivity contribution in [2.75, 3.05) is 18.6 Å². The molecule has 1 aliphatic heterocycles. The minimum atomic E-state index is -2.96. The highest BCUT2D eigenvalue weighted by Crippen LogP contribution is 2.23. The number of rotatable bonds is 3. The van der Waals surface area contributed by atoms with Gasteiger partial charge in [-0.3, -0.25) is 4.79 Å². The first-order chi connectivity index (χ1) is 9.41. The van der Waals surface area contributed by atoms with E-state index in [4.69, 9.17) is 4.74 Å². The van der Waals surface area contributed by atoms with Crippen molar-refractivity contribution in [2.45, 2.75) is 18.9 Å². The Labute approximate surface area is 117 Å².